The van der Waals surface area contributed by atoms with E-state index in [1.54, 1.807) is 6.92 Å². The van der Waals surface area contributed by atoms with Crippen LogP contribution >= 0.6 is 0 Å². The second-order valence-electron chi connectivity index (χ2n) is 4.41. The summed E-state index contributed by atoms with van der Waals surface area (Å²) in [6.07, 6.45) is 3.37. The highest BCUT2D eigenvalue weighted by molar-refractivity contribution is 5.73. The average molecular weight is 227 g/mol. The minimum absolute atomic E-state index is 0.115. The van der Waals surface area contributed by atoms with E-state index in [2.05, 4.69) is 0 Å². The first kappa shape index (κ1) is 13.0. The van der Waals surface area contributed by atoms with Gasteiger partial charge in [-0.05, 0) is 19.3 Å². The molecule has 0 radical (unpaired) electrons. The van der Waals surface area contributed by atoms with Gasteiger partial charge in [-0.2, -0.15) is 0 Å². The van der Waals surface area contributed by atoms with E-state index in [1.165, 1.54) is 0 Å². The van der Waals surface area contributed by atoms with E-state index >= 15 is 0 Å². The lowest BCUT2D eigenvalue weighted by molar-refractivity contribution is -0.146. The molecule has 0 aromatic carbocycles. The second-order valence-corrected chi connectivity index (χ2v) is 4.41. The summed E-state index contributed by atoms with van der Waals surface area (Å²) in [5.41, 5.74) is 0. The number of piperidine rings is 1. The predicted octanol–water partition coefficient (Wildman–Crippen LogP) is 1.59. The fraction of sp³-hybridized carbons (Fsp3) is 0.833. The van der Waals surface area contributed by atoms with Crippen molar-refractivity contribution in [3.8, 4) is 0 Å². The van der Waals surface area contributed by atoms with Crippen molar-refractivity contribution in [1.82, 2.24) is 4.90 Å². The van der Waals surface area contributed by atoms with Crippen molar-refractivity contribution in [3.05, 3.63) is 0 Å². The van der Waals surface area contributed by atoms with Gasteiger partial charge in [-0.25, -0.2) is 0 Å². The monoisotopic (exact) mass is 227 g/mol. The Morgan fingerprint density at radius 1 is 1.44 bits per heavy atom. The van der Waals surface area contributed by atoms with Crippen LogP contribution in [0.4, 0.5) is 0 Å². The number of carbonyl (C=O) groups is 2. The van der Waals surface area contributed by atoms with Gasteiger partial charge in [0.2, 0.25) is 5.91 Å². The van der Waals surface area contributed by atoms with Crippen molar-refractivity contribution in [2.45, 2.75) is 39.5 Å². The number of rotatable bonds is 4. The molecule has 1 aliphatic heterocycles. The van der Waals surface area contributed by atoms with Crippen molar-refractivity contribution in [1.29, 1.82) is 0 Å². The molecule has 0 aliphatic carbocycles. The highest BCUT2D eigenvalue weighted by atomic mass is 16.5. The van der Waals surface area contributed by atoms with Crippen LogP contribution in [-0.4, -0.2) is 36.5 Å². The number of carbonyl (C=O) groups excluding carboxylic acids is 2. The zero-order chi connectivity index (χ0) is 12.0. The molecule has 4 heteroatoms. The smallest absolute Gasteiger partial charge is 0.305 e. The van der Waals surface area contributed by atoms with Gasteiger partial charge in [0, 0.05) is 32.4 Å². The number of likely N-dealkylation sites (tertiary alicyclic amines) is 1. The molecule has 4 nitrogen and oxygen atoms in total. The van der Waals surface area contributed by atoms with Crippen molar-refractivity contribution >= 4 is 11.9 Å². The molecule has 1 aliphatic rings. The Bertz CT molecular complexity index is 253. The molecule has 92 valence electrons. The maximum atomic E-state index is 11.2. The molecule has 1 atom stereocenters. The number of ether oxygens (including phenoxy) is 1. The van der Waals surface area contributed by atoms with Gasteiger partial charge in [0.25, 0.3) is 0 Å². The molecule has 1 amide bonds. The number of esters is 1. The molecular formula is C12H21NO3. The normalized spacial score (nSPS) is 20.6. The number of nitrogens with zero attached hydrogens (tertiary/aromatic N) is 1. The van der Waals surface area contributed by atoms with Crippen LogP contribution in [0.25, 0.3) is 0 Å². The topological polar surface area (TPSA) is 46.6 Å². The summed E-state index contributed by atoms with van der Waals surface area (Å²) in [4.78, 5) is 24.2. The number of amides is 1. The molecule has 1 heterocycles. The maximum Gasteiger partial charge on any atom is 0.305 e. The van der Waals surface area contributed by atoms with Crippen LogP contribution in [0, 0.1) is 5.92 Å². The summed E-state index contributed by atoms with van der Waals surface area (Å²) >= 11 is 0. The van der Waals surface area contributed by atoms with E-state index in [1.807, 2.05) is 11.8 Å². The zero-order valence-electron chi connectivity index (χ0n) is 10.2. The van der Waals surface area contributed by atoms with Gasteiger partial charge in [0.15, 0.2) is 0 Å². The molecule has 1 rings (SSSR count). The summed E-state index contributed by atoms with van der Waals surface area (Å²) in [6, 6.07) is 0. The van der Waals surface area contributed by atoms with Crippen LogP contribution in [-0.2, 0) is 14.3 Å². The molecule has 0 aromatic heterocycles. The minimum atomic E-state index is -0.123. The third-order valence-electron chi connectivity index (χ3n) is 2.90. The summed E-state index contributed by atoms with van der Waals surface area (Å²) in [5.74, 6) is 0.311. The lowest BCUT2D eigenvalue weighted by atomic mass is 9.99. The Kier molecular flexibility index (Phi) is 5.29. The Hall–Kier alpha value is -1.06. The second kappa shape index (κ2) is 6.51. The third kappa shape index (κ3) is 4.21. The lowest BCUT2D eigenvalue weighted by Crippen LogP contribution is -2.40. The highest BCUT2D eigenvalue weighted by Gasteiger charge is 2.22. The molecule has 16 heavy (non-hydrogen) atoms. The van der Waals surface area contributed by atoms with Crippen LogP contribution < -0.4 is 0 Å². The molecule has 0 N–H and O–H groups in total. The minimum Gasteiger partial charge on any atom is -0.465 e. The SMILES string of the molecule is CCCC(=O)OCC1CCCN(C(C)=O)C1. The third-order valence-corrected chi connectivity index (χ3v) is 2.90. The molecule has 0 spiro atoms. The van der Waals surface area contributed by atoms with Crippen molar-refractivity contribution in [2.75, 3.05) is 19.7 Å². The summed E-state index contributed by atoms with van der Waals surface area (Å²) in [7, 11) is 0. The first-order valence-electron chi connectivity index (χ1n) is 6.04. The van der Waals surface area contributed by atoms with Crippen molar-refractivity contribution in [3.63, 3.8) is 0 Å². The Morgan fingerprint density at radius 2 is 2.19 bits per heavy atom. The summed E-state index contributed by atoms with van der Waals surface area (Å²) in [5, 5.41) is 0. The molecule has 0 aromatic rings. The predicted molar refractivity (Wildman–Crippen MR) is 60.8 cm³/mol. The maximum absolute atomic E-state index is 11.2. The van der Waals surface area contributed by atoms with Gasteiger partial charge >= 0.3 is 5.97 Å². The summed E-state index contributed by atoms with van der Waals surface area (Å²) in [6.45, 7) is 5.58. The van der Waals surface area contributed by atoms with Crippen LogP contribution in [0.15, 0.2) is 0 Å². The fourth-order valence-electron chi connectivity index (χ4n) is 1.97. The average Bonchev–Trinajstić information content (AvgIpc) is 2.27. The van der Waals surface area contributed by atoms with Crippen LogP contribution in [0.5, 0.6) is 0 Å². The Morgan fingerprint density at radius 3 is 2.81 bits per heavy atom. The van der Waals surface area contributed by atoms with E-state index in [0.717, 1.165) is 32.4 Å². The zero-order valence-corrected chi connectivity index (χ0v) is 10.2. The van der Waals surface area contributed by atoms with Gasteiger partial charge in [-0.3, -0.25) is 9.59 Å². The van der Waals surface area contributed by atoms with Crippen molar-refractivity contribution < 1.29 is 14.3 Å². The molecule has 0 saturated carbocycles. The molecule has 1 unspecified atom stereocenters. The van der Waals surface area contributed by atoms with Gasteiger partial charge < -0.3 is 9.64 Å². The first-order valence-corrected chi connectivity index (χ1v) is 6.04. The van der Waals surface area contributed by atoms with E-state index < -0.39 is 0 Å². The molecule has 1 saturated heterocycles. The van der Waals surface area contributed by atoms with Crippen LogP contribution in [0.3, 0.4) is 0 Å². The molecule has 0 bridgehead atoms. The molecule has 1 fully saturated rings. The van der Waals surface area contributed by atoms with Gasteiger partial charge in [-0.15, -0.1) is 0 Å². The van der Waals surface area contributed by atoms with Gasteiger partial charge in [-0.1, -0.05) is 6.92 Å². The van der Waals surface area contributed by atoms with Crippen molar-refractivity contribution in [2.24, 2.45) is 5.92 Å². The van der Waals surface area contributed by atoms with Crippen LogP contribution in [0.1, 0.15) is 39.5 Å². The Balaban J connectivity index is 2.26. The highest BCUT2D eigenvalue weighted by Crippen LogP contribution is 2.17. The van der Waals surface area contributed by atoms with E-state index in [-0.39, 0.29) is 11.9 Å². The fourth-order valence-corrected chi connectivity index (χ4v) is 1.97. The van der Waals surface area contributed by atoms with E-state index in [9.17, 15) is 9.59 Å². The van der Waals surface area contributed by atoms with E-state index in [0.29, 0.717) is 18.9 Å². The van der Waals surface area contributed by atoms with Gasteiger partial charge in [0.05, 0.1) is 6.61 Å². The van der Waals surface area contributed by atoms with Gasteiger partial charge in [0.1, 0.15) is 0 Å². The number of hydrogen-bond donors (Lipinski definition) is 0. The number of hydrogen-bond acceptors (Lipinski definition) is 3. The first-order chi connectivity index (χ1) is 7.63. The largest absolute Gasteiger partial charge is 0.465 e. The lowest BCUT2D eigenvalue weighted by Gasteiger charge is -2.31. The van der Waals surface area contributed by atoms with Crippen LogP contribution in [0.2, 0.25) is 0 Å². The Labute approximate surface area is 96.9 Å². The van der Waals surface area contributed by atoms with E-state index in [4.69, 9.17) is 4.74 Å². The summed E-state index contributed by atoms with van der Waals surface area (Å²) < 4.78 is 5.17. The molecular weight excluding hydrogens is 206 g/mol. The quantitative estimate of drug-likeness (QED) is 0.685. The standard InChI is InChI=1S/C12H21NO3/c1-3-5-12(15)16-9-11-6-4-7-13(8-11)10(2)14/h11H,3-9H2,1-2H3.